The van der Waals surface area contributed by atoms with Gasteiger partial charge in [0, 0.05) is 18.0 Å². The third kappa shape index (κ3) is 2.39. The van der Waals surface area contributed by atoms with Crippen LogP contribution in [0.2, 0.25) is 0 Å². The van der Waals surface area contributed by atoms with E-state index in [0.717, 1.165) is 0 Å². The Labute approximate surface area is 83.8 Å². The maximum atomic E-state index is 11.7. The van der Waals surface area contributed by atoms with Gasteiger partial charge in [0.2, 0.25) is 0 Å². The number of Topliss-reactive ketones (excluding diaryl/α,β-unsaturated/α-hetero) is 1. The number of hydrogen-bond donors (Lipinski definition) is 1. The highest BCUT2D eigenvalue weighted by atomic mass is 16.3. The van der Waals surface area contributed by atoms with Gasteiger partial charge in [-0.3, -0.25) is 9.78 Å². The molecule has 3 heteroatoms. The molecule has 0 aliphatic heterocycles. The highest BCUT2D eigenvalue weighted by Crippen LogP contribution is 2.21. The minimum absolute atomic E-state index is 0.273. The Bertz CT molecular complexity index is 314. The van der Waals surface area contributed by atoms with Crippen molar-refractivity contribution in [3.63, 3.8) is 0 Å². The van der Waals surface area contributed by atoms with Crippen LogP contribution in [0.15, 0.2) is 24.5 Å². The number of aromatic nitrogens is 1. The van der Waals surface area contributed by atoms with Gasteiger partial charge in [0.25, 0.3) is 0 Å². The van der Waals surface area contributed by atoms with Crippen LogP contribution < -0.4 is 0 Å². The number of nitrogens with zero attached hydrogens (tertiary/aromatic N) is 1. The summed E-state index contributed by atoms with van der Waals surface area (Å²) in [4.78, 5) is 15.5. The molecule has 1 aromatic rings. The Kier molecular flexibility index (Phi) is 3.01. The van der Waals surface area contributed by atoms with Crippen LogP contribution in [0.3, 0.4) is 0 Å². The Morgan fingerprint density at radius 2 is 2.14 bits per heavy atom. The van der Waals surface area contributed by atoms with E-state index in [9.17, 15) is 9.90 Å². The summed E-state index contributed by atoms with van der Waals surface area (Å²) in [6.45, 7) is 5.48. The number of carbonyl (C=O) groups excluding carboxylic acids is 1. The van der Waals surface area contributed by atoms with E-state index in [1.54, 1.807) is 18.3 Å². The first-order valence-electron chi connectivity index (χ1n) is 4.55. The number of ketones is 1. The van der Waals surface area contributed by atoms with Crippen molar-refractivity contribution in [2.45, 2.75) is 26.9 Å². The molecule has 14 heavy (non-hydrogen) atoms. The van der Waals surface area contributed by atoms with Gasteiger partial charge in [-0.15, -0.1) is 0 Å². The summed E-state index contributed by atoms with van der Waals surface area (Å²) < 4.78 is 0. The molecule has 0 fully saturated rings. The SMILES string of the molecule is CC(C)(C)C(O)C(=O)c1cccnc1. The van der Waals surface area contributed by atoms with Crippen LogP contribution in [-0.4, -0.2) is 22.0 Å². The van der Waals surface area contributed by atoms with Gasteiger partial charge in [-0.25, -0.2) is 0 Å². The van der Waals surface area contributed by atoms with E-state index in [-0.39, 0.29) is 5.78 Å². The molecule has 0 bridgehead atoms. The van der Waals surface area contributed by atoms with Gasteiger partial charge in [-0.05, 0) is 17.5 Å². The average Bonchev–Trinajstić information content (AvgIpc) is 2.15. The fraction of sp³-hybridized carbons (Fsp3) is 0.455. The first-order valence-corrected chi connectivity index (χ1v) is 4.55. The largest absolute Gasteiger partial charge is 0.384 e. The van der Waals surface area contributed by atoms with Gasteiger partial charge < -0.3 is 5.11 Å². The zero-order valence-corrected chi connectivity index (χ0v) is 8.69. The lowest BCUT2D eigenvalue weighted by Gasteiger charge is -2.24. The highest BCUT2D eigenvalue weighted by molar-refractivity contribution is 5.99. The monoisotopic (exact) mass is 193 g/mol. The molecule has 1 unspecified atom stereocenters. The summed E-state index contributed by atoms with van der Waals surface area (Å²) in [6.07, 6.45) is 2.09. The van der Waals surface area contributed by atoms with Crippen molar-refractivity contribution in [1.29, 1.82) is 0 Å². The van der Waals surface area contributed by atoms with Crippen molar-refractivity contribution in [2.75, 3.05) is 0 Å². The quantitative estimate of drug-likeness (QED) is 0.727. The van der Waals surface area contributed by atoms with E-state index in [0.29, 0.717) is 5.56 Å². The van der Waals surface area contributed by atoms with E-state index in [1.165, 1.54) is 6.20 Å². The first-order chi connectivity index (χ1) is 6.43. The molecule has 0 spiro atoms. The average molecular weight is 193 g/mol. The minimum atomic E-state index is -0.980. The number of aliphatic hydroxyl groups excluding tert-OH is 1. The molecule has 0 aliphatic rings. The molecule has 3 nitrogen and oxygen atoms in total. The van der Waals surface area contributed by atoms with E-state index in [4.69, 9.17) is 0 Å². The molecular formula is C11H15NO2. The van der Waals surface area contributed by atoms with Gasteiger partial charge in [0.05, 0.1) is 0 Å². The number of carbonyl (C=O) groups is 1. The van der Waals surface area contributed by atoms with Gasteiger partial charge in [0.1, 0.15) is 6.10 Å². The first kappa shape index (κ1) is 10.9. The predicted molar refractivity (Wildman–Crippen MR) is 54.0 cm³/mol. The number of aliphatic hydroxyl groups is 1. The molecule has 1 atom stereocenters. The summed E-state index contributed by atoms with van der Waals surface area (Å²) in [5, 5.41) is 9.73. The molecule has 1 N–H and O–H groups in total. The third-order valence-corrected chi connectivity index (χ3v) is 2.01. The second-order valence-corrected chi connectivity index (χ2v) is 4.37. The lowest BCUT2D eigenvalue weighted by molar-refractivity contribution is 0.0442. The Morgan fingerprint density at radius 1 is 1.50 bits per heavy atom. The molecule has 1 aromatic heterocycles. The highest BCUT2D eigenvalue weighted by Gasteiger charge is 2.29. The van der Waals surface area contributed by atoms with E-state index < -0.39 is 11.5 Å². The fourth-order valence-corrected chi connectivity index (χ4v) is 1.06. The topological polar surface area (TPSA) is 50.2 Å². The smallest absolute Gasteiger partial charge is 0.193 e. The minimum Gasteiger partial charge on any atom is -0.384 e. The molecule has 0 saturated carbocycles. The maximum Gasteiger partial charge on any atom is 0.193 e. The van der Waals surface area contributed by atoms with E-state index in [2.05, 4.69) is 4.98 Å². The van der Waals surface area contributed by atoms with E-state index in [1.807, 2.05) is 20.8 Å². The van der Waals surface area contributed by atoms with Gasteiger partial charge >= 0.3 is 0 Å². The Balaban J connectivity index is 2.87. The van der Waals surface area contributed by atoms with Crippen LogP contribution in [0, 0.1) is 5.41 Å². The lowest BCUT2D eigenvalue weighted by atomic mass is 9.85. The third-order valence-electron chi connectivity index (χ3n) is 2.01. The molecule has 0 aliphatic carbocycles. The molecule has 0 amide bonds. The summed E-state index contributed by atoms with van der Waals surface area (Å²) in [7, 11) is 0. The normalized spacial score (nSPS) is 13.7. The molecule has 1 heterocycles. The predicted octanol–water partition coefficient (Wildman–Crippen LogP) is 1.67. The molecule has 0 saturated heterocycles. The van der Waals surface area contributed by atoms with Crippen LogP contribution >= 0.6 is 0 Å². The van der Waals surface area contributed by atoms with Crippen molar-refractivity contribution in [1.82, 2.24) is 4.98 Å². The number of rotatable bonds is 2. The van der Waals surface area contributed by atoms with Crippen LogP contribution in [0.1, 0.15) is 31.1 Å². The van der Waals surface area contributed by atoms with Crippen molar-refractivity contribution in [2.24, 2.45) is 5.41 Å². The second kappa shape index (κ2) is 3.88. The van der Waals surface area contributed by atoms with Crippen LogP contribution in [0.5, 0.6) is 0 Å². The van der Waals surface area contributed by atoms with Crippen LogP contribution in [-0.2, 0) is 0 Å². The van der Waals surface area contributed by atoms with Gasteiger partial charge in [-0.2, -0.15) is 0 Å². The zero-order chi connectivity index (χ0) is 10.8. The van der Waals surface area contributed by atoms with E-state index >= 15 is 0 Å². The van der Waals surface area contributed by atoms with Crippen molar-refractivity contribution >= 4 is 5.78 Å². The second-order valence-electron chi connectivity index (χ2n) is 4.37. The molecular weight excluding hydrogens is 178 g/mol. The molecule has 0 radical (unpaired) electrons. The van der Waals surface area contributed by atoms with Crippen molar-refractivity contribution < 1.29 is 9.90 Å². The summed E-state index contributed by atoms with van der Waals surface area (Å²) >= 11 is 0. The Hall–Kier alpha value is -1.22. The van der Waals surface area contributed by atoms with Crippen LogP contribution in [0.25, 0.3) is 0 Å². The fourth-order valence-electron chi connectivity index (χ4n) is 1.06. The summed E-state index contributed by atoms with van der Waals surface area (Å²) in [5.41, 5.74) is 0.0161. The van der Waals surface area contributed by atoms with Crippen LogP contribution in [0.4, 0.5) is 0 Å². The Morgan fingerprint density at radius 3 is 2.57 bits per heavy atom. The summed E-state index contributed by atoms with van der Waals surface area (Å²) in [6, 6.07) is 3.34. The number of hydrogen-bond acceptors (Lipinski definition) is 3. The molecule has 1 rings (SSSR count). The van der Waals surface area contributed by atoms with Gasteiger partial charge in [-0.1, -0.05) is 20.8 Å². The van der Waals surface area contributed by atoms with Crippen molar-refractivity contribution in [3.8, 4) is 0 Å². The molecule has 76 valence electrons. The number of pyridine rings is 1. The lowest BCUT2D eigenvalue weighted by Crippen LogP contribution is -2.34. The molecule has 0 aromatic carbocycles. The standard InChI is InChI=1S/C11H15NO2/c1-11(2,3)10(14)9(13)8-5-4-6-12-7-8/h4-7,10,14H,1-3H3. The van der Waals surface area contributed by atoms with Crippen molar-refractivity contribution in [3.05, 3.63) is 30.1 Å². The zero-order valence-electron chi connectivity index (χ0n) is 8.69. The maximum absolute atomic E-state index is 11.7. The van der Waals surface area contributed by atoms with Gasteiger partial charge in [0.15, 0.2) is 5.78 Å². The summed E-state index contributed by atoms with van der Waals surface area (Å²) in [5.74, 6) is -0.273.